The van der Waals surface area contributed by atoms with Gasteiger partial charge in [0.1, 0.15) is 6.54 Å². The van der Waals surface area contributed by atoms with Crippen LogP contribution < -0.4 is 10.6 Å². The number of nitrogens with one attached hydrogen (secondary N) is 2. The minimum Gasteiger partial charge on any atom is -0.451 e. The standard InChI is InChI=1S/C18H16Cl2N2O4/c1-11(17(24)22-15-8-13(19)7-14(20)9-15)26-16(23)10-21-18(25)12-5-3-2-4-6-12/h2-9,11H,10H2,1H3,(H,21,25)(H,22,24)/t11-/m0/s1. The Morgan fingerprint density at radius 3 is 2.27 bits per heavy atom. The number of carbonyl (C=O) groups excluding carboxylic acids is 3. The summed E-state index contributed by atoms with van der Waals surface area (Å²) in [4.78, 5) is 35.7. The highest BCUT2D eigenvalue weighted by Crippen LogP contribution is 2.22. The molecule has 0 saturated carbocycles. The number of benzene rings is 2. The highest BCUT2D eigenvalue weighted by atomic mass is 35.5. The van der Waals surface area contributed by atoms with Gasteiger partial charge in [0.15, 0.2) is 6.10 Å². The van der Waals surface area contributed by atoms with Gasteiger partial charge in [-0.2, -0.15) is 0 Å². The second kappa shape index (κ2) is 9.22. The first-order valence-electron chi connectivity index (χ1n) is 7.65. The van der Waals surface area contributed by atoms with Crippen molar-refractivity contribution in [1.82, 2.24) is 5.32 Å². The van der Waals surface area contributed by atoms with Crippen LogP contribution in [0.3, 0.4) is 0 Å². The lowest BCUT2D eigenvalue weighted by Gasteiger charge is -2.14. The zero-order valence-electron chi connectivity index (χ0n) is 13.8. The van der Waals surface area contributed by atoms with Gasteiger partial charge < -0.3 is 15.4 Å². The number of hydrogen-bond donors (Lipinski definition) is 2. The summed E-state index contributed by atoms with van der Waals surface area (Å²) in [5.74, 6) is -1.69. The second-order valence-corrected chi connectivity index (χ2v) is 6.20. The third kappa shape index (κ3) is 6.06. The molecular formula is C18H16Cl2N2O4. The summed E-state index contributed by atoms with van der Waals surface area (Å²) in [5, 5.41) is 5.70. The zero-order valence-corrected chi connectivity index (χ0v) is 15.3. The van der Waals surface area contributed by atoms with Crippen LogP contribution in [0.4, 0.5) is 5.69 Å². The van der Waals surface area contributed by atoms with E-state index in [0.717, 1.165) is 0 Å². The Kier molecular flexibility index (Phi) is 7.00. The number of esters is 1. The fourth-order valence-corrected chi connectivity index (χ4v) is 2.53. The fraction of sp³-hybridized carbons (Fsp3) is 0.167. The van der Waals surface area contributed by atoms with Crippen LogP contribution in [-0.2, 0) is 14.3 Å². The van der Waals surface area contributed by atoms with Crippen LogP contribution in [0.1, 0.15) is 17.3 Å². The predicted molar refractivity (Wildman–Crippen MR) is 99.4 cm³/mol. The molecule has 0 aliphatic carbocycles. The van der Waals surface area contributed by atoms with E-state index >= 15 is 0 Å². The van der Waals surface area contributed by atoms with Crippen molar-refractivity contribution in [3.8, 4) is 0 Å². The van der Waals surface area contributed by atoms with Crippen molar-refractivity contribution in [2.24, 2.45) is 0 Å². The van der Waals surface area contributed by atoms with Gasteiger partial charge in [0.05, 0.1) is 0 Å². The molecule has 2 rings (SSSR count). The maximum atomic E-state index is 12.1. The molecule has 0 spiro atoms. The van der Waals surface area contributed by atoms with Gasteiger partial charge in [0, 0.05) is 21.3 Å². The Morgan fingerprint density at radius 1 is 1.04 bits per heavy atom. The summed E-state index contributed by atoms with van der Waals surface area (Å²) in [6, 6.07) is 13.0. The van der Waals surface area contributed by atoms with Crippen molar-refractivity contribution in [3.63, 3.8) is 0 Å². The van der Waals surface area contributed by atoms with Crippen LogP contribution in [0, 0.1) is 0 Å². The molecule has 0 radical (unpaired) electrons. The Hall–Kier alpha value is -2.57. The van der Waals surface area contributed by atoms with Gasteiger partial charge in [-0.3, -0.25) is 14.4 Å². The number of hydrogen-bond acceptors (Lipinski definition) is 4. The molecule has 26 heavy (non-hydrogen) atoms. The van der Waals surface area contributed by atoms with E-state index in [4.69, 9.17) is 27.9 Å². The van der Waals surface area contributed by atoms with Gasteiger partial charge in [-0.15, -0.1) is 0 Å². The molecule has 0 aliphatic heterocycles. The van der Waals surface area contributed by atoms with Gasteiger partial charge in [0.2, 0.25) is 0 Å². The Bertz CT molecular complexity index is 792. The predicted octanol–water partition coefficient (Wildman–Crippen LogP) is 3.29. The summed E-state index contributed by atoms with van der Waals surface area (Å²) >= 11 is 11.7. The maximum Gasteiger partial charge on any atom is 0.326 e. The summed E-state index contributed by atoms with van der Waals surface area (Å²) in [5.41, 5.74) is 0.803. The summed E-state index contributed by atoms with van der Waals surface area (Å²) in [7, 11) is 0. The van der Waals surface area contributed by atoms with Crippen LogP contribution in [0.15, 0.2) is 48.5 Å². The minimum absolute atomic E-state index is 0.353. The van der Waals surface area contributed by atoms with Crippen LogP contribution in [0.25, 0.3) is 0 Å². The third-order valence-corrected chi connectivity index (χ3v) is 3.67. The smallest absolute Gasteiger partial charge is 0.326 e. The van der Waals surface area contributed by atoms with Crippen LogP contribution >= 0.6 is 23.2 Å². The molecule has 2 aromatic carbocycles. The summed E-state index contributed by atoms with van der Waals surface area (Å²) in [6.45, 7) is 1.06. The lowest BCUT2D eigenvalue weighted by Crippen LogP contribution is -2.35. The first-order valence-corrected chi connectivity index (χ1v) is 8.40. The number of carbonyl (C=O) groups is 3. The van der Waals surface area contributed by atoms with E-state index in [0.29, 0.717) is 21.3 Å². The lowest BCUT2D eigenvalue weighted by atomic mass is 10.2. The zero-order chi connectivity index (χ0) is 19.1. The van der Waals surface area contributed by atoms with Gasteiger partial charge in [-0.05, 0) is 37.3 Å². The molecule has 2 amide bonds. The van der Waals surface area contributed by atoms with Crippen molar-refractivity contribution < 1.29 is 19.1 Å². The molecule has 0 aliphatic rings. The molecule has 6 nitrogen and oxygen atoms in total. The van der Waals surface area contributed by atoms with Crippen LogP contribution in [0.5, 0.6) is 0 Å². The second-order valence-electron chi connectivity index (χ2n) is 5.33. The maximum absolute atomic E-state index is 12.1. The molecular weight excluding hydrogens is 379 g/mol. The highest BCUT2D eigenvalue weighted by Gasteiger charge is 2.19. The number of halogens is 2. The van der Waals surface area contributed by atoms with Gasteiger partial charge in [-0.25, -0.2) is 0 Å². The molecule has 0 unspecified atom stereocenters. The van der Waals surface area contributed by atoms with Crippen molar-refractivity contribution in [2.45, 2.75) is 13.0 Å². The number of rotatable bonds is 6. The number of ether oxygens (including phenoxy) is 1. The Balaban J connectivity index is 1.82. The molecule has 0 bridgehead atoms. The first kappa shape index (κ1) is 19.8. The first-order chi connectivity index (χ1) is 12.3. The SMILES string of the molecule is C[C@H](OC(=O)CNC(=O)c1ccccc1)C(=O)Nc1cc(Cl)cc(Cl)c1. The van der Waals surface area contributed by atoms with Gasteiger partial charge >= 0.3 is 5.97 Å². The quantitative estimate of drug-likeness (QED) is 0.736. The summed E-state index contributed by atoms with van der Waals surface area (Å²) in [6.07, 6.45) is -1.06. The van der Waals surface area contributed by atoms with Crippen LogP contribution in [-0.4, -0.2) is 30.4 Å². The Morgan fingerprint density at radius 2 is 1.65 bits per heavy atom. The monoisotopic (exact) mass is 394 g/mol. The van der Waals surface area contributed by atoms with E-state index in [2.05, 4.69) is 10.6 Å². The minimum atomic E-state index is -1.06. The number of amides is 2. The number of anilines is 1. The van der Waals surface area contributed by atoms with E-state index in [-0.39, 0.29) is 6.54 Å². The molecule has 1 atom stereocenters. The van der Waals surface area contributed by atoms with E-state index < -0.39 is 23.9 Å². The van der Waals surface area contributed by atoms with E-state index in [9.17, 15) is 14.4 Å². The van der Waals surface area contributed by atoms with Gasteiger partial charge in [0.25, 0.3) is 11.8 Å². The molecule has 0 saturated heterocycles. The molecule has 0 fully saturated rings. The van der Waals surface area contributed by atoms with Crippen molar-refractivity contribution in [3.05, 3.63) is 64.1 Å². The topological polar surface area (TPSA) is 84.5 Å². The van der Waals surface area contributed by atoms with E-state index in [1.54, 1.807) is 30.3 Å². The normalized spacial score (nSPS) is 11.3. The third-order valence-electron chi connectivity index (χ3n) is 3.24. The molecule has 136 valence electrons. The fourth-order valence-electron chi connectivity index (χ4n) is 2.01. The average molecular weight is 395 g/mol. The lowest BCUT2D eigenvalue weighted by molar-refractivity contribution is -0.152. The van der Waals surface area contributed by atoms with Crippen LogP contribution in [0.2, 0.25) is 10.0 Å². The molecule has 0 heterocycles. The molecule has 2 N–H and O–H groups in total. The average Bonchev–Trinajstić information content (AvgIpc) is 2.59. The largest absolute Gasteiger partial charge is 0.451 e. The highest BCUT2D eigenvalue weighted by molar-refractivity contribution is 6.35. The van der Waals surface area contributed by atoms with Gasteiger partial charge in [-0.1, -0.05) is 41.4 Å². The van der Waals surface area contributed by atoms with E-state index in [1.807, 2.05) is 0 Å². The molecule has 0 aromatic heterocycles. The van der Waals surface area contributed by atoms with Crippen molar-refractivity contribution in [2.75, 3.05) is 11.9 Å². The van der Waals surface area contributed by atoms with E-state index in [1.165, 1.54) is 25.1 Å². The van der Waals surface area contributed by atoms with Crippen molar-refractivity contribution >= 4 is 46.7 Å². The molecule has 8 heteroatoms. The van der Waals surface area contributed by atoms with Crippen molar-refractivity contribution in [1.29, 1.82) is 0 Å². The Labute approximate surface area is 160 Å². The summed E-state index contributed by atoms with van der Waals surface area (Å²) < 4.78 is 5.00. The molecule has 2 aromatic rings.